The van der Waals surface area contributed by atoms with Crippen molar-refractivity contribution in [2.75, 3.05) is 6.61 Å². The zero-order chi connectivity index (χ0) is 14.6. The van der Waals surface area contributed by atoms with E-state index in [1.165, 1.54) is 0 Å². The molecule has 0 heterocycles. The summed E-state index contributed by atoms with van der Waals surface area (Å²) < 4.78 is 13.0. The van der Waals surface area contributed by atoms with E-state index in [2.05, 4.69) is 0 Å². The molecule has 8 nitrogen and oxygen atoms in total. The number of carbonyl (C=O) groups excluding carboxylic acids is 1. The van der Waals surface area contributed by atoms with Crippen molar-refractivity contribution in [2.24, 2.45) is 0 Å². The lowest BCUT2D eigenvalue weighted by atomic mass is 10.1. The summed E-state index contributed by atoms with van der Waals surface area (Å²) in [6, 6.07) is 0.577. The number of aliphatic hydroxyl groups is 1. The van der Waals surface area contributed by atoms with Gasteiger partial charge in [-0.1, -0.05) is 0 Å². The van der Waals surface area contributed by atoms with E-state index < -0.39 is 46.5 Å². The molecule has 0 aliphatic carbocycles. The summed E-state index contributed by atoms with van der Waals surface area (Å²) in [5.74, 6) is -3.56. The van der Waals surface area contributed by atoms with Crippen LogP contribution >= 0.6 is 0 Å². The minimum absolute atomic E-state index is 0.615. The number of nitrogens with zero attached hydrogens (tertiary/aromatic N) is 1. The molecule has 0 unspecified atom stereocenters. The fourth-order valence-electron chi connectivity index (χ4n) is 1.27. The lowest BCUT2D eigenvalue weighted by Gasteiger charge is -2.11. The van der Waals surface area contributed by atoms with Crippen LogP contribution in [0.15, 0.2) is 18.2 Å². The van der Waals surface area contributed by atoms with Gasteiger partial charge >= 0.3 is 5.97 Å². The Morgan fingerprint density at radius 1 is 1.47 bits per heavy atom. The molecule has 0 aromatic heterocycles. The van der Waals surface area contributed by atoms with Crippen LogP contribution in [0.25, 0.3) is 0 Å². The molecule has 1 aromatic carbocycles. The van der Waals surface area contributed by atoms with Crippen LogP contribution in [0.5, 0.6) is 0 Å². The number of carboxylic acids is 1. The Morgan fingerprint density at radius 3 is 2.58 bits per heavy atom. The van der Waals surface area contributed by atoms with Crippen LogP contribution in [0.3, 0.4) is 0 Å². The largest absolute Gasteiger partial charge is 0.480 e. The van der Waals surface area contributed by atoms with E-state index >= 15 is 0 Å². The summed E-state index contributed by atoms with van der Waals surface area (Å²) in [5.41, 5.74) is -1.29. The molecule has 1 rings (SSSR count). The Hall–Kier alpha value is -2.55. The summed E-state index contributed by atoms with van der Waals surface area (Å²) >= 11 is 0. The second kappa shape index (κ2) is 5.87. The number of carboxylic acid groups (broad SMARTS) is 1. The van der Waals surface area contributed by atoms with E-state index in [9.17, 15) is 24.1 Å². The predicted molar refractivity (Wildman–Crippen MR) is 59.0 cm³/mol. The third-order valence-electron chi connectivity index (χ3n) is 2.19. The molecule has 0 saturated heterocycles. The molecule has 0 aliphatic rings. The fraction of sp³-hybridized carbons (Fsp3) is 0.200. The van der Waals surface area contributed by atoms with Crippen molar-refractivity contribution in [1.29, 1.82) is 0 Å². The van der Waals surface area contributed by atoms with Crippen LogP contribution in [-0.4, -0.2) is 39.7 Å². The Labute approximate surface area is 105 Å². The van der Waals surface area contributed by atoms with Gasteiger partial charge in [-0.25, -0.2) is 9.18 Å². The monoisotopic (exact) mass is 272 g/mol. The van der Waals surface area contributed by atoms with E-state index in [1.807, 2.05) is 5.32 Å². The van der Waals surface area contributed by atoms with Crippen molar-refractivity contribution >= 4 is 17.6 Å². The molecule has 1 atom stereocenters. The molecular formula is C10H9FN2O6. The zero-order valence-corrected chi connectivity index (χ0v) is 9.37. The summed E-state index contributed by atoms with van der Waals surface area (Å²) in [7, 11) is 0. The first-order chi connectivity index (χ1) is 8.86. The molecule has 0 spiro atoms. The predicted octanol–water partition coefficient (Wildman–Crippen LogP) is -0.0908. The number of nitro benzene ring substituents is 1. The van der Waals surface area contributed by atoms with Crippen molar-refractivity contribution in [3.8, 4) is 0 Å². The first-order valence-electron chi connectivity index (χ1n) is 4.95. The standard InChI is InChI=1S/C10H9FN2O6/c11-5-1-2-8(13(18)19)6(3-5)9(15)12-7(4-14)10(16)17/h1-3,7,14H,4H2,(H,12,15)(H,16,17)/t7-/m0/s1. The van der Waals surface area contributed by atoms with Crippen molar-refractivity contribution < 1.29 is 29.1 Å². The minimum Gasteiger partial charge on any atom is -0.480 e. The number of amides is 1. The van der Waals surface area contributed by atoms with E-state index in [1.54, 1.807) is 0 Å². The minimum atomic E-state index is -1.63. The van der Waals surface area contributed by atoms with Crippen LogP contribution < -0.4 is 5.32 Å². The SMILES string of the molecule is O=C(N[C@@H](CO)C(=O)O)c1cc(F)ccc1[N+](=O)[O-]. The quantitative estimate of drug-likeness (QED) is 0.507. The average molecular weight is 272 g/mol. The number of carbonyl (C=O) groups is 2. The van der Waals surface area contributed by atoms with Gasteiger partial charge in [-0.15, -0.1) is 0 Å². The second-order valence-electron chi connectivity index (χ2n) is 3.47. The fourth-order valence-corrected chi connectivity index (χ4v) is 1.27. The number of hydrogen-bond acceptors (Lipinski definition) is 5. The van der Waals surface area contributed by atoms with E-state index in [4.69, 9.17) is 10.2 Å². The number of benzene rings is 1. The number of hydrogen-bond donors (Lipinski definition) is 3. The van der Waals surface area contributed by atoms with Gasteiger partial charge in [-0.2, -0.15) is 0 Å². The van der Waals surface area contributed by atoms with Gasteiger partial charge in [0, 0.05) is 6.07 Å². The third kappa shape index (κ3) is 3.45. The van der Waals surface area contributed by atoms with Crippen molar-refractivity contribution in [2.45, 2.75) is 6.04 Å². The summed E-state index contributed by atoms with van der Waals surface area (Å²) in [6.45, 7) is -0.899. The van der Waals surface area contributed by atoms with Gasteiger partial charge in [-0.05, 0) is 12.1 Å². The Morgan fingerprint density at radius 2 is 2.11 bits per heavy atom. The molecule has 0 fully saturated rings. The molecular weight excluding hydrogens is 263 g/mol. The number of aliphatic hydroxyl groups excluding tert-OH is 1. The molecule has 9 heteroatoms. The highest BCUT2D eigenvalue weighted by Crippen LogP contribution is 2.19. The van der Waals surface area contributed by atoms with Gasteiger partial charge in [-0.3, -0.25) is 14.9 Å². The first-order valence-corrected chi connectivity index (χ1v) is 4.95. The highest BCUT2D eigenvalue weighted by atomic mass is 19.1. The van der Waals surface area contributed by atoms with Crippen LogP contribution in [0, 0.1) is 15.9 Å². The number of halogens is 1. The van der Waals surface area contributed by atoms with Crippen molar-refractivity contribution in [1.82, 2.24) is 5.32 Å². The van der Waals surface area contributed by atoms with Gasteiger partial charge < -0.3 is 15.5 Å². The Balaban J connectivity index is 3.08. The van der Waals surface area contributed by atoms with Crippen LogP contribution in [0.4, 0.5) is 10.1 Å². The van der Waals surface area contributed by atoms with Gasteiger partial charge in [0.15, 0.2) is 6.04 Å². The lowest BCUT2D eigenvalue weighted by Crippen LogP contribution is -2.43. The highest BCUT2D eigenvalue weighted by molar-refractivity contribution is 6.00. The molecule has 102 valence electrons. The molecule has 19 heavy (non-hydrogen) atoms. The maximum atomic E-state index is 13.0. The number of aliphatic carboxylic acids is 1. The van der Waals surface area contributed by atoms with Crippen molar-refractivity contribution in [3.05, 3.63) is 39.7 Å². The van der Waals surface area contributed by atoms with E-state index in [0.29, 0.717) is 6.07 Å². The van der Waals surface area contributed by atoms with E-state index in [0.717, 1.165) is 12.1 Å². The number of nitrogens with one attached hydrogen (secondary N) is 1. The maximum absolute atomic E-state index is 13.0. The van der Waals surface area contributed by atoms with Gasteiger partial charge in [0.2, 0.25) is 0 Å². The molecule has 0 radical (unpaired) electrons. The zero-order valence-electron chi connectivity index (χ0n) is 9.37. The molecule has 1 amide bonds. The number of rotatable bonds is 5. The number of nitro groups is 1. The highest BCUT2D eigenvalue weighted by Gasteiger charge is 2.25. The van der Waals surface area contributed by atoms with Crippen LogP contribution in [-0.2, 0) is 4.79 Å². The lowest BCUT2D eigenvalue weighted by molar-refractivity contribution is -0.385. The Kier molecular flexibility index (Phi) is 4.48. The third-order valence-corrected chi connectivity index (χ3v) is 2.19. The second-order valence-corrected chi connectivity index (χ2v) is 3.47. The molecule has 0 aliphatic heterocycles. The maximum Gasteiger partial charge on any atom is 0.328 e. The molecule has 3 N–H and O–H groups in total. The van der Waals surface area contributed by atoms with Gasteiger partial charge in [0.1, 0.15) is 11.4 Å². The van der Waals surface area contributed by atoms with E-state index in [-0.39, 0.29) is 0 Å². The molecule has 0 saturated carbocycles. The van der Waals surface area contributed by atoms with Gasteiger partial charge in [0.05, 0.1) is 11.5 Å². The average Bonchev–Trinajstić information content (AvgIpc) is 2.34. The topological polar surface area (TPSA) is 130 Å². The van der Waals surface area contributed by atoms with Crippen molar-refractivity contribution in [3.63, 3.8) is 0 Å². The summed E-state index contributed by atoms with van der Waals surface area (Å²) in [4.78, 5) is 32.0. The first kappa shape index (κ1) is 14.5. The molecule has 0 bridgehead atoms. The smallest absolute Gasteiger partial charge is 0.328 e. The normalized spacial score (nSPS) is 11.7. The van der Waals surface area contributed by atoms with Crippen LogP contribution in [0.1, 0.15) is 10.4 Å². The van der Waals surface area contributed by atoms with Gasteiger partial charge in [0.25, 0.3) is 11.6 Å². The Bertz CT molecular complexity index is 533. The van der Waals surface area contributed by atoms with Crippen LogP contribution in [0.2, 0.25) is 0 Å². The summed E-state index contributed by atoms with van der Waals surface area (Å²) in [6.07, 6.45) is 0. The molecule has 1 aromatic rings. The summed E-state index contributed by atoms with van der Waals surface area (Å²) in [5, 5.41) is 29.9.